The number of hydrogen-bond donors (Lipinski definition) is 2. The molecule has 1 aromatic carbocycles. The van der Waals surface area contributed by atoms with Crippen LogP contribution in [0.25, 0.3) is 0 Å². The largest absolute Gasteiger partial charge is 0.398 e. The summed E-state index contributed by atoms with van der Waals surface area (Å²) in [6.45, 7) is 4.40. The Kier molecular flexibility index (Phi) is 3.97. The first-order chi connectivity index (χ1) is 8.06. The van der Waals surface area contributed by atoms with Gasteiger partial charge in [0.1, 0.15) is 0 Å². The molecule has 1 aromatic rings. The average molecular weight is 297 g/mol. The van der Waals surface area contributed by atoms with Crippen LogP contribution in [0.5, 0.6) is 0 Å². The second-order valence-electron chi connectivity index (χ2n) is 5.29. The van der Waals surface area contributed by atoms with Crippen molar-refractivity contribution < 1.29 is 0 Å². The lowest BCUT2D eigenvalue weighted by molar-refractivity contribution is 0.361. The summed E-state index contributed by atoms with van der Waals surface area (Å²) in [6, 6.07) is 4.74. The number of nitrogens with one attached hydrogen (secondary N) is 1. The summed E-state index contributed by atoms with van der Waals surface area (Å²) in [7, 11) is 0. The van der Waals surface area contributed by atoms with E-state index in [2.05, 4.69) is 41.2 Å². The fourth-order valence-electron chi connectivity index (χ4n) is 2.43. The molecule has 0 radical (unpaired) electrons. The molecule has 0 bridgehead atoms. The normalized spacial score (nSPS) is 24.6. The summed E-state index contributed by atoms with van der Waals surface area (Å²) in [6.07, 6.45) is 5.22. The third-order valence-corrected chi connectivity index (χ3v) is 4.39. The van der Waals surface area contributed by atoms with Crippen LogP contribution in [-0.2, 0) is 0 Å². The molecule has 0 amide bonds. The van der Waals surface area contributed by atoms with Crippen molar-refractivity contribution in [3.05, 3.63) is 22.2 Å². The molecule has 0 spiro atoms. The lowest BCUT2D eigenvalue weighted by Gasteiger charge is -2.28. The lowest BCUT2D eigenvalue weighted by atomic mass is 9.87. The molecule has 0 unspecified atom stereocenters. The van der Waals surface area contributed by atoms with E-state index in [1.54, 1.807) is 0 Å². The number of rotatable bonds is 2. The van der Waals surface area contributed by atoms with E-state index in [-0.39, 0.29) is 0 Å². The van der Waals surface area contributed by atoms with E-state index in [9.17, 15) is 0 Å². The smallest absolute Gasteiger partial charge is 0.0490 e. The molecular weight excluding hydrogens is 276 g/mol. The van der Waals surface area contributed by atoms with Gasteiger partial charge in [0.15, 0.2) is 0 Å². The molecule has 0 aromatic heterocycles. The van der Waals surface area contributed by atoms with Crippen LogP contribution in [0, 0.1) is 12.8 Å². The van der Waals surface area contributed by atoms with Crippen molar-refractivity contribution in [3.8, 4) is 0 Å². The molecule has 17 heavy (non-hydrogen) atoms. The number of nitrogen functional groups attached to an aromatic ring is 1. The van der Waals surface area contributed by atoms with Gasteiger partial charge >= 0.3 is 0 Å². The summed E-state index contributed by atoms with van der Waals surface area (Å²) >= 11 is 3.58. The van der Waals surface area contributed by atoms with Gasteiger partial charge in [-0.2, -0.15) is 0 Å². The van der Waals surface area contributed by atoms with Crippen molar-refractivity contribution in [2.24, 2.45) is 5.92 Å². The van der Waals surface area contributed by atoms with Crippen molar-refractivity contribution in [1.29, 1.82) is 0 Å². The van der Waals surface area contributed by atoms with Crippen LogP contribution in [0.15, 0.2) is 16.6 Å². The van der Waals surface area contributed by atoms with Gasteiger partial charge < -0.3 is 11.1 Å². The predicted molar refractivity (Wildman–Crippen MR) is 78.3 cm³/mol. The molecular formula is C14H21BrN2. The number of anilines is 2. The molecule has 94 valence electrons. The van der Waals surface area contributed by atoms with E-state index in [0.717, 1.165) is 21.6 Å². The van der Waals surface area contributed by atoms with Gasteiger partial charge in [-0.25, -0.2) is 0 Å². The third-order valence-electron chi connectivity index (χ3n) is 3.73. The van der Waals surface area contributed by atoms with Crippen molar-refractivity contribution >= 4 is 27.3 Å². The number of benzene rings is 1. The van der Waals surface area contributed by atoms with Crippen molar-refractivity contribution in [2.75, 3.05) is 11.1 Å². The maximum absolute atomic E-state index is 5.88. The molecule has 1 saturated carbocycles. The van der Waals surface area contributed by atoms with Gasteiger partial charge in [-0.05, 0) is 72.2 Å². The molecule has 2 nitrogen and oxygen atoms in total. The summed E-state index contributed by atoms with van der Waals surface area (Å²) in [4.78, 5) is 0. The number of aryl methyl sites for hydroxylation is 1. The first kappa shape index (κ1) is 12.7. The van der Waals surface area contributed by atoms with Crippen LogP contribution in [0.3, 0.4) is 0 Å². The van der Waals surface area contributed by atoms with Crippen LogP contribution < -0.4 is 11.1 Å². The Morgan fingerprint density at radius 1 is 1.24 bits per heavy atom. The monoisotopic (exact) mass is 296 g/mol. The maximum Gasteiger partial charge on any atom is 0.0490 e. The van der Waals surface area contributed by atoms with Gasteiger partial charge in [-0.1, -0.05) is 6.92 Å². The van der Waals surface area contributed by atoms with E-state index in [0.29, 0.717) is 6.04 Å². The van der Waals surface area contributed by atoms with Gasteiger partial charge in [0.05, 0.1) is 0 Å². The second kappa shape index (κ2) is 5.30. The van der Waals surface area contributed by atoms with Crippen LogP contribution in [0.1, 0.15) is 38.2 Å². The van der Waals surface area contributed by atoms with Crippen molar-refractivity contribution in [1.82, 2.24) is 0 Å². The standard InChI is InChI=1S/C14H21BrN2/c1-9-3-5-11(6-4-9)17-14-7-10(2)13(16)8-12(14)15/h7-9,11,17H,3-6,16H2,1-2H3. The molecule has 3 N–H and O–H groups in total. The fourth-order valence-corrected chi connectivity index (χ4v) is 2.91. The Balaban J connectivity index is 2.06. The Labute approximate surface area is 112 Å². The van der Waals surface area contributed by atoms with Gasteiger partial charge in [0.2, 0.25) is 0 Å². The highest BCUT2D eigenvalue weighted by Gasteiger charge is 2.18. The average Bonchev–Trinajstić information content (AvgIpc) is 2.29. The molecule has 0 aliphatic heterocycles. The van der Waals surface area contributed by atoms with E-state index >= 15 is 0 Å². The van der Waals surface area contributed by atoms with Crippen LogP contribution in [0.4, 0.5) is 11.4 Å². The molecule has 0 heterocycles. The van der Waals surface area contributed by atoms with E-state index in [4.69, 9.17) is 5.73 Å². The van der Waals surface area contributed by atoms with E-state index < -0.39 is 0 Å². The molecule has 0 atom stereocenters. The fraction of sp³-hybridized carbons (Fsp3) is 0.571. The van der Waals surface area contributed by atoms with Crippen LogP contribution >= 0.6 is 15.9 Å². The van der Waals surface area contributed by atoms with Gasteiger partial charge in [-0.3, -0.25) is 0 Å². The quantitative estimate of drug-likeness (QED) is 0.797. The SMILES string of the molecule is Cc1cc(NC2CCC(C)CC2)c(Br)cc1N. The molecule has 2 rings (SSSR count). The molecule has 1 fully saturated rings. The van der Waals surface area contributed by atoms with Crippen LogP contribution in [0.2, 0.25) is 0 Å². The minimum absolute atomic E-state index is 0.616. The van der Waals surface area contributed by atoms with Gasteiger partial charge in [0, 0.05) is 21.9 Å². The first-order valence-corrected chi connectivity index (χ1v) is 7.17. The van der Waals surface area contributed by atoms with E-state index in [1.807, 2.05) is 6.07 Å². The van der Waals surface area contributed by atoms with Crippen molar-refractivity contribution in [3.63, 3.8) is 0 Å². The van der Waals surface area contributed by atoms with E-state index in [1.165, 1.54) is 31.4 Å². The molecule has 0 saturated heterocycles. The molecule has 1 aliphatic carbocycles. The zero-order chi connectivity index (χ0) is 12.4. The lowest BCUT2D eigenvalue weighted by Crippen LogP contribution is -2.25. The highest BCUT2D eigenvalue weighted by atomic mass is 79.9. The maximum atomic E-state index is 5.88. The zero-order valence-electron chi connectivity index (χ0n) is 10.6. The highest BCUT2D eigenvalue weighted by molar-refractivity contribution is 9.10. The number of hydrogen-bond acceptors (Lipinski definition) is 2. The van der Waals surface area contributed by atoms with Gasteiger partial charge in [0.25, 0.3) is 0 Å². The molecule has 1 aliphatic rings. The molecule has 3 heteroatoms. The predicted octanol–water partition coefficient (Wildman–Crippen LogP) is 4.33. The number of nitrogens with two attached hydrogens (primary N) is 1. The summed E-state index contributed by atoms with van der Waals surface area (Å²) in [5.41, 5.74) is 9.05. The number of halogens is 1. The summed E-state index contributed by atoms with van der Waals surface area (Å²) < 4.78 is 1.07. The Morgan fingerprint density at radius 3 is 2.53 bits per heavy atom. The summed E-state index contributed by atoms with van der Waals surface area (Å²) in [5.74, 6) is 0.893. The van der Waals surface area contributed by atoms with Crippen molar-refractivity contribution in [2.45, 2.75) is 45.6 Å². The summed E-state index contributed by atoms with van der Waals surface area (Å²) in [5, 5.41) is 3.64. The second-order valence-corrected chi connectivity index (χ2v) is 6.14. The van der Waals surface area contributed by atoms with Crippen LogP contribution in [-0.4, -0.2) is 6.04 Å². The first-order valence-electron chi connectivity index (χ1n) is 6.38. The van der Waals surface area contributed by atoms with Gasteiger partial charge in [-0.15, -0.1) is 0 Å². The minimum Gasteiger partial charge on any atom is -0.398 e. The Hall–Kier alpha value is -0.700. The zero-order valence-corrected chi connectivity index (χ0v) is 12.2. The minimum atomic E-state index is 0.616. The Morgan fingerprint density at radius 2 is 1.88 bits per heavy atom. The Bertz CT molecular complexity index is 395. The topological polar surface area (TPSA) is 38.0 Å². The third kappa shape index (κ3) is 3.15. The highest BCUT2D eigenvalue weighted by Crippen LogP contribution is 2.31.